The van der Waals surface area contributed by atoms with Crippen LogP contribution in [0.5, 0.6) is 0 Å². The molecule has 7 heteroatoms. The Morgan fingerprint density at radius 3 is 2.60 bits per heavy atom. The largest absolute Gasteiger partial charge is 0.460 e. The number of nitrogens with zero attached hydrogens (tertiary/aromatic N) is 3. The van der Waals surface area contributed by atoms with E-state index in [9.17, 15) is 4.79 Å². The van der Waals surface area contributed by atoms with Crippen molar-refractivity contribution in [3.05, 3.63) is 53.6 Å². The molecule has 2 aromatic rings. The summed E-state index contributed by atoms with van der Waals surface area (Å²) in [6.07, 6.45) is 4.80. The zero-order chi connectivity index (χ0) is 17.8. The second-order valence-electron chi connectivity index (χ2n) is 6.09. The first-order valence-electron chi connectivity index (χ1n) is 8.20. The number of ether oxygens (including phenoxy) is 1. The van der Waals surface area contributed by atoms with E-state index in [-0.39, 0.29) is 24.1 Å². The molecular weight excluding hydrogens is 318 g/mol. The highest BCUT2D eigenvalue weighted by Gasteiger charge is 2.25. The van der Waals surface area contributed by atoms with Crippen LogP contribution in [0.4, 0.5) is 5.69 Å². The molecule has 1 aliphatic heterocycles. The Morgan fingerprint density at radius 1 is 1.24 bits per heavy atom. The molecular formula is C18H21N5O2. The van der Waals surface area contributed by atoms with Crippen molar-refractivity contribution in [1.82, 2.24) is 9.97 Å². The van der Waals surface area contributed by atoms with Crippen LogP contribution in [0.1, 0.15) is 35.1 Å². The molecule has 0 fully saturated rings. The number of aliphatic imine (C=N–C) groups is 1. The van der Waals surface area contributed by atoms with Crippen LogP contribution in [0.2, 0.25) is 0 Å². The second kappa shape index (κ2) is 7.29. The fraction of sp³-hybridized carbons (Fsp3) is 0.333. The maximum atomic E-state index is 12.1. The summed E-state index contributed by atoms with van der Waals surface area (Å²) in [5.74, 6) is -0.276. The van der Waals surface area contributed by atoms with Crippen molar-refractivity contribution >= 4 is 17.6 Å². The van der Waals surface area contributed by atoms with E-state index in [0.717, 1.165) is 24.2 Å². The van der Waals surface area contributed by atoms with Crippen LogP contribution in [0.3, 0.4) is 0 Å². The number of amidine groups is 1. The van der Waals surface area contributed by atoms with Crippen molar-refractivity contribution in [2.24, 2.45) is 10.7 Å². The zero-order valence-electron chi connectivity index (χ0n) is 14.3. The summed E-state index contributed by atoms with van der Waals surface area (Å²) in [5.41, 5.74) is 8.54. The highest BCUT2D eigenvalue weighted by molar-refractivity contribution is 6.02. The molecule has 0 saturated heterocycles. The van der Waals surface area contributed by atoms with Crippen LogP contribution < -0.4 is 11.1 Å². The Balaban J connectivity index is 1.55. The molecule has 2 atom stereocenters. The number of rotatable bonds is 5. The number of nitrogens with one attached hydrogen (secondary N) is 1. The van der Waals surface area contributed by atoms with Crippen molar-refractivity contribution < 1.29 is 9.53 Å². The van der Waals surface area contributed by atoms with Crippen molar-refractivity contribution in [3.63, 3.8) is 0 Å². The topological polar surface area (TPSA) is 102 Å². The second-order valence-corrected chi connectivity index (χ2v) is 6.09. The smallest absolute Gasteiger partial charge is 0.282 e. The van der Waals surface area contributed by atoms with Crippen LogP contribution >= 0.6 is 0 Å². The number of nitrogens with two attached hydrogens (primary N) is 1. The Morgan fingerprint density at radius 2 is 2.00 bits per heavy atom. The number of hydrogen-bond donors (Lipinski definition) is 2. The van der Waals surface area contributed by atoms with Crippen LogP contribution in [0.15, 0.2) is 41.7 Å². The van der Waals surface area contributed by atoms with E-state index in [1.807, 2.05) is 38.1 Å². The number of aromatic nitrogens is 2. The van der Waals surface area contributed by atoms with Gasteiger partial charge in [0.2, 0.25) is 0 Å². The van der Waals surface area contributed by atoms with Crippen molar-refractivity contribution in [2.75, 3.05) is 5.32 Å². The van der Waals surface area contributed by atoms with Crippen LogP contribution in [0.25, 0.3) is 0 Å². The summed E-state index contributed by atoms with van der Waals surface area (Å²) in [6.45, 7) is 3.80. The third-order valence-electron chi connectivity index (χ3n) is 4.10. The van der Waals surface area contributed by atoms with E-state index in [1.54, 1.807) is 6.20 Å². The van der Waals surface area contributed by atoms with E-state index >= 15 is 0 Å². The summed E-state index contributed by atoms with van der Waals surface area (Å²) in [4.78, 5) is 24.6. The van der Waals surface area contributed by atoms with Gasteiger partial charge in [0.25, 0.3) is 11.9 Å². The average Bonchev–Trinajstić information content (AvgIpc) is 2.92. The van der Waals surface area contributed by atoms with E-state index in [4.69, 9.17) is 10.5 Å². The molecule has 2 heterocycles. The molecule has 0 unspecified atom stereocenters. The normalized spacial score (nSPS) is 19.2. The number of hydrogen-bond acceptors (Lipinski definition) is 6. The van der Waals surface area contributed by atoms with E-state index in [0.29, 0.717) is 5.69 Å². The standard InChI is InChI=1S/C18H21N5O2/c1-11-9-21-16(10-20-11)17(24)22-14-6-3-13(4-7-14)5-8-15-12(2)25-18(19)23-15/h3-4,6-7,9-10,12,15H,5,8H2,1-2H3,(H2,19,23)(H,22,24)/t12-,15-/m0/s1. The lowest BCUT2D eigenvalue weighted by Crippen LogP contribution is -2.20. The lowest BCUT2D eigenvalue weighted by atomic mass is 10.0. The third-order valence-corrected chi connectivity index (χ3v) is 4.10. The van der Waals surface area contributed by atoms with Gasteiger partial charge in [-0.15, -0.1) is 0 Å². The third kappa shape index (κ3) is 4.32. The molecule has 1 aliphatic rings. The summed E-state index contributed by atoms with van der Waals surface area (Å²) in [6, 6.07) is 8.10. The number of amides is 1. The van der Waals surface area contributed by atoms with Gasteiger partial charge < -0.3 is 15.8 Å². The Bertz CT molecular complexity index is 771. The fourth-order valence-corrected chi connectivity index (χ4v) is 2.64. The number of aryl methyl sites for hydroxylation is 2. The number of benzene rings is 1. The van der Waals surface area contributed by atoms with Crippen LogP contribution in [-0.4, -0.2) is 34.0 Å². The lowest BCUT2D eigenvalue weighted by molar-refractivity contribution is 0.102. The van der Waals surface area contributed by atoms with Gasteiger partial charge in [0, 0.05) is 11.9 Å². The molecule has 0 saturated carbocycles. The quantitative estimate of drug-likeness (QED) is 0.868. The van der Waals surface area contributed by atoms with E-state index < -0.39 is 0 Å². The molecule has 0 radical (unpaired) electrons. The minimum atomic E-state index is -0.276. The zero-order valence-corrected chi connectivity index (χ0v) is 14.3. The minimum absolute atomic E-state index is 0.0224. The Kier molecular flexibility index (Phi) is 4.92. The molecule has 7 nitrogen and oxygen atoms in total. The summed E-state index contributed by atoms with van der Waals surface area (Å²) in [7, 11) is 0. The van der Waals surface area contributed by atoms with Gasteiger partial charge in [-0.3, -0.25) is 9.78 Å². The number of carbonyl (C=O) groups is 1. The molecule has 130 valence electrons. The SMILES string of the molecule is Cc1cnc(C(=O)Nc2ccc(CC[C@@H]3N=C(N)O[C@H]3C)cc2)cn1. The molecule has 25 heavy (non-hydrogen) atoms. The first-order chi connectivity index (χ1) is 12.0. The minimum Gasteiger partial charge on any atom is -0.460 e. The first kappa shape index (κ1) is 16.9. The molecule has 3 N–H and O–H groups in total. The number of anilines is 1. The van der Waals surface area contributed by atoms with Gasteiger partial charge in [-0.05, 0) is 44.4 Å². The summed E-state index contributed by atoms with van der Waals surface area (Å²) in [5, 5.41) is 2.82. The lowest BCUT2D eigenvalue weighted by Gasteiger charge is -2.12. The fourth-order valence-electron chi connectivity index (χ4n) is 2.64. The molecule has 1 aromatic heterocycles. The van der Waals surface area contributed by atoms with E-state index in [2.05, 4.69) is 20.3 Å². The summed E-state index contributed by atoms with van der Waals surface area (Å²) < 4.78 is 5.34. The maximum absolute atomic E-state index is 12.1. The molecule has 0 aliphatic carbocycles. The van der Waals surface area contributed by atoms with Crippen molar-refractivity contribution in [2.45, 2.75) is 38.8 Å². The number of carbonyl (C=O) groups excluding carboxylic acids is 1. The molecule has 0 spiro atoms. The molecule has 1 amide bonds. The Hall–Kier alpha value is -2.96. The van der Waals surface area contributed by atoms with Gasteiger partial charge >= 0.3 is 0 Å². The predicted octanol–water partition coefficient (Wildman–Crippen LogP) is 2.07. The van der Waals surface area contributed by atoms with Gasteiger partial charge in [-0.1, -0.05) is 12.1 Å². The molecule has 0 bridgehead atoms. The van der Waals surface area contributed by atoms with E-state index in [1.165, 1.54) is 11.8 Å². The van der Waals surface area contributed by atoms with Crippen molar-refractivity contribution in [3.8, 4) is 0 Å². The average molecular weight is 339 g/mol. The van der Waals surface area contributed by atoms with Gasteiger partial charge in [-0.25, -0.2) is 9.98 Å². The van der Waals surface area contributed by atoms with Crippen molar-refractivity contribution in [1.29, 1.82) is 0 Å². The predicted molar refractivity (Wildman–Crippen MR) is 95.4 cm³/mol. The highest BCUT2D eigenvalue weighted by atomic mass is 16.5. The molecule has 1 aromatic carbocycles. The monoisotopic (exact) mass is 339 g/mol. The maximum Gasteiger partial charge on any atom is 0.282 e. The van der Waals surface area contributed by atoms with Gasteiger partial charge in [-0.2, -0.15) is 0 Å². The van der Waals surface area contributed by atoms with Crippen LogP contribution in [-0.2, 0) is 11.2 Å². The van der Waals surface area contributed by atoms with Crippen LogP contribution in [0, 0.1) is 6.92 Å². The van der Waals surface area contributed by atoms with Gasteiger partial charge in [0.05, 0.1) is 17.9 Å². The Labute approximate surface area is 146 Å². The van der Waals surface area contributed by atoms with Gasteiger partial charge in [0.1, 0.15) is 11.8 Å². The highest BCUT2D eigenvalue weighted by Crippen LogP contribution is 2.18. The van der Waals surface area contributed by atoms with Gasteiger partial charge in [0.15, 0.2) is 0 Å². The summed E-state index contributed by atoms with van der Waals surface area (Å²) >= 11 is 0. The first-order valence-corrected chi connectivity index (χ1v) is 8.20. The molecule has 3 rings (SSSR count).